The average Bonchev–Trinajstić information content (AvgIpc) is 2.93. The van der Waals surface area contributed by atoms with Gasteiger partial charge in [0.25, 0.3) is 0 Å². The van der Waals surface area contributed by atoms with Gasteiger partial charge in [0.05, 0.1) is 18.0 Å². The molecule has 0 N–H and O–H groups in total. The molecule has 18 heavy (non-hydrogen) atoms. The smallest absolute Gasteiger partial charge is 0.231 e. The maximum Gasteiger partial charge on any atom is 0.231 e. The highest BCUT2D eigenvalue weighted by atomic mass is 16.7. The minimum Gasteiger partial charge on any atom is -0.454 e. The van der Waals surface area contributed by atoms with Crippen LogP contribution in [0, 0.1) is 17.2 Å². The molecule has 0 aliphatic carbocycles. The van der Waals surface area contributed by atoms with Gasteiger partial charge < -0.3 is 14.4 Å². The van der Waals surface area contributed by atoms with Crippen LogP contribution in [0.2, 0.25) is 0 Å². The molecule has 1 aromatic carbocycles. The Morgan fingerprint density at radius 3 is 2.89 bits per heavy atom. The number of carbonyl (C=O) groups excluding carboxylic acids is 1. The van der Waals surface area contributed by atoms with Crippen molar-refractivity contribution in [1.82, 2.24) is 0 Å². The topological polar surface area (TPSA) is 62.6 Å². The number of carbonyl (C=O) groups is 1. The number of ether oxygens (including phenoxy) is 2. The molecule has 5 heteroatoms. The summed E-state index contributed by atoms with van der Waals surface area (Å²) < 4.78 is 10.5. The number of anilines is 1. The zero-order valence-corrected chi connectivity index (χ0v) is 9.92. The maximum atomic E-state index is 12.0. The highest BCUT2D eigenvalue weighted by Crippen LogP contribution is 2.38. The molecule has 2 unspecified atom stereocenters. The van der Waals surface area contributed by atoms with Crippen LogP contribution in [0.3, 0.4) is 0 Å². The fraction of sp³-hybridized carbons (Fsp3) is 0.385. The standard InChI is InChI=1S/C13H12N2O3/c1-8-9(6-14)4-13(16)15(8)10-2-3-11-12(5-10)18-7-17-11/h2-3,5,8-9H,4,7H2,1H3. The quantitative estimate of drug-likeness (QED) is 0.754. The third-order valence-corrected chi connectivity index (χ3v) is 3.45. The van der Waals surface area contributed by atoms with Gasteiger partial charge in [0, 0.05) is 18.2 Å². The van der Waals surface area contributed by atoms with Gasteiger partial charge in [-0.05, 0) is 19.1 Å². The number of amides is 1. The molecule has 2 atom stereocenters. The number of nitrogens with zero attached hydrogens (tertiary/aromatic N) is 2. The number of fused-ring (bicyclic) bond motifs is 1. The molecule has 5 nitrogen and oxygen atoms in total. The second-order valence-corrected chi connectivity index (χ2v) is 4.48. The molecule has 1 aromatic rings. The highest BCUT2D eigenvalue weighted by molar-refractivity contribution is 5.97. The van der Waals surface area contributed by atoms with Gasteiger partial charge >= 0.3 is 0 Å². The van der Waals surface area contributed by atoms with Crippen LogP contribution in [-0.2, 0) is 4.79 Å². The highest BCUT2D eigenvalue weighted by Gasteiger charge is 2.38. The zero-order chi connectivity index (χ0) is 12.7. The Morgan fingerprint density at radius 1 is 1.39 bits per heavy atom. The Hall–Kier alpha value is -2.22. The van der Waals surface area contributed by atoms with E-state index >= 15 is 0 Å². The first kappa shape index (κ1) is 10.9. The van der Waals surface area contributed by atoms with Crippen LogP contribution in [0.1, 0.15) is 13.3 Å². The van der Waals surface area contributed by atoms with Crippen LogP contribution >= 0.6 is 0 Å². The third kappa shape index (κ3) is 1.50. The first-order valence-electron chi connectivity index (χ1n) is 5.82. The van der Waals surface area contributed by atoms with E-state index in [0.29, 0.717) is 11.5 Å². The van der Waals surface area contributed by atoms with E-state index in [0.717, 1.165) is 5.69 Å². The van der Waals surface area contributed by atoms with Gasteiger partial charge in [-0.25, -0.2) is 0 Å². The lowest BCUT2D eigenvalue weighted by atomic mass is 10.0. The van der Waals surface area contributed by atoms with Crippen LogP contribution in [-0.4, -0.2) is 18.7 Å². The first-order chi connectivity index (χ1) is 8.70. The van der Waals surface area contributed by atoms with Crippen molar-refractivity contribution in [2.45, 2.75) is 19.4 Å². The van der Waals surface area contributed by atoms with Gasteiger partial charge in [0.1, 0.15) is 0 Å². The van der Waals surface area contributed by atoms with Crippen LogP contribution in [0.5, 0.6) is 11.5 Å². The molecular weight excluding hydrogens is 232 g/mol. The monoisotopic (exact) mass is 244 g/mol. The second kappa shape index (κ2) is 3.91. The van der Waals surface area contributed by atoms with Crippen LogP contribution in [0.25, 0.3) is 0 Å². The number of hydrogen-bond donors (Lipinski definition) is 0. The van der Waals surface area contributed by atoms with Crippen LogP contribution in [0.15, 0.2) is 18.2 Å². The normalized spacial score (nSPS) is 25.3. The Balaban J connectivity index is 1.96. The van der Waals surface area contributed by atoms with Crippen molar-refractivity contribution in [3.63, 3.8) is 0 Å². The SMILES string of the molecule is CC1C(C#N)CC(=O)N1c1ccc2c(c1)OCO2. The molecule has 1 fully saturated rings. The third-order valence-electron chi connectivity index (χ3n) is 3.45. The van der Waals surface area contributed by atoms with E-state index in [1.54, 1.807) is 17.0 Å². The lowest BCUT2D eigenvalue weighted by Gasteiger charge is -2.22. The summed E-state index contributed by atoms with van der Waals surface area (Å²) in [5, 5.41) is 9.00. The second-order valence-electron chi connectivity index (χ2n) is 4.48. The molecule has 2 aliphatic rings. The molecular formula is C13H12N2O3. The average molecular weight is 244 g/mol. The van der Waals surface area contributed by atoms with Crippen molar-refractivity contribution in [3.05, 3.63) is 18.2 Å². The Kier molecular flexibility index (Phi) is 2.37. The molecule has 0 saturated carbocycles. The molecule has 2 aliphatic heterocycles. The fourth-order valence-corrected chi connectivity index (χ4v) is 2.43. The summed E-state index contributed by atoms with van der Waals surface area (Å²) in [6.45, 7) is 2.10. The minimum absolute atomic E-state index is 0.0204. The number of benzene rings is 1. The summed E-state index contributed by atoms with van der Waals surface area (Å²) in [7, 11) is 0. The Labute approximate surface area is 105 Å². The summed E-state index contributed by atoms with van der Waals surface area (Å²) in [5.41, 5.74) is 0.759. The number of nitriles is 1. The molecule has 0 bridgehead atoms. The summed E-state index contributed by atoms with van der Waals surface area (Å²) in [5.74, 6) is 1.07. The Morgan fingerprint density at radius 2 is 2.17 bits per heavy atom. The summed E-state index contributed by atoms with van der Waals surface area (Å²) in [4.78, 5) is 13.6. The minimum atomic E-state index is -0.247. The van der Waals surface area contributed by atoms with Crippen molar-refractivity contribution < 1.29 is 14.3 Å². The van der Waals surface area contributed by atoms with E-state index in [4.69, 9.17) is 14.7 Å². The van der Waals surface area contributed by atoms with Gasteiger partial charge in [-0.1, -0.05) is 0 Å². The Bertz CT molecular complexity index is 550. The van der Waals surface area contributed by atoms with E-state index in [2.05, 4.69) is 6.07 Å². The summed E-state index contributed by atoms with van der Waals surface area (Å²) in [6.07, 6.45) is 0.284. The molecule has 2 heterocycles. The van der Waals surface area contributed by atoms with Gasteiger partial charge in [0.2, 0.25) is 12.7 Å². The number of hydrogen-bond acceptors (Lipinski definition) is 4. The summed E-state index contributed by atoms with van der Waals surface area (Å²) >= 11 is 0. The molecule has 0 spiro atoms. The van der Waals surface area contributed by atoms with E-state index in [9.17, 15) is 4.79 Å². The number of rotatable bonds is 1. The van der Waals surface area contributed by atoms with Crippen LogP contribution < -0.4 is 14.4 Å². The van der Waals surface area contributed by atoms with Crippen molar-refractivity contribution in [3.8, 4) is 17.6 Å². The van der Waals surface area contributed by atoms with E-state index in [-0.39, 0.29) is 31.1 Å². The predicted molar refractivity (Wildman–Crippen MR) is 63.2 cm³/mol. The maximum absolute atomic E-state index is 12.0. The van der Waals surface area contributed by atoms with Crippen molar-refractivity contribution in [2.75, 3.05) is 11.7 Å². The van der Waals surface area contributed by atoms with Crippen molar-refractivity contribution >= 4 is 11.6 Å². The summed E-state index contributed by atoms with van der Waals surface area (Å²) in [6, 6.07) is 7.47. The van der Waals surface area contributed by atoms with Crippen molar-refractivity contribution in [2.24, 2.45) is 5.92 Å². The van der Waals surface area contributed by atoms with E-state index in [1.807, 2.05) is 13.0 Å². The molecule has 1 saturated heterocycles. The van der Waals surface area contributed by atoms with Gasteiger partial charge in [-0.2, -0.15) is 5.26 Å². The lowest BCUT2D eigenvalue weighted by molar-refractivity contribution is -0.117. The molecule has 92 valence electrons. The first-order valence-corrected chi connectivity index (χ1v) is 5.82. The fourth-order valence-electron chi connectivity index (χ4n) is 2.43. The van der Waals surface area contributed by atoms with E-state index < -0.39 is 0 Å². The molecule has 0 aromatic heterocycles. The molecule has 0 radical (unpaired) electrons. The van der Waals surface area contributed by atoms with Crippen LogP contribution in [0.4, 0.5) is 5.69 Å². The van der Waals surface area contributed by atoms with Gasteiger partial charge in [-0.3, -0.25) is 4.79 Å². The molecule has 3 rings (SSSR count). The zero-order valence-electron chi connectivity index (χ0n) is 9.92. The molecule has 1 amide bonds. The van der Waals surface area contributed by atoms with Crippen molar-refractivity contribution in [1.29, 1.82) is 5.26 Å². The largest absolute Gasteiger partial charge is 0.454 e. The lowest BCUT2D eigenvalue weighted by Crippen LogP contribution is -2.32. The van der Waals surface area contributed by atoms with Gasteiger partial charge in [-0.15, -0.1) is 0 Å². The van der Waals surface area contributed by atoms with E-state index in [1.165, 1.54) is 0 Å². The predicted octanol–water partition coefficient (Wildman–Crippen LogP) is 1.68. The van der Waals surface area contributed by atoms with Gasteiger partial charge in [0.15, 0.2) is 11.5 Å².